The zero-order chi connectivity index (χ0) is 34.4. The fourth-order valence-electron chi connectivity index (χ4n) is 5.17. The van der Waals surface area contributed by atoms with Crippen molar-refractivity contribution in [3.63, 3.8) is 0 Å². The van der Waals surface area contributed by atoms with Crippen LogP contribution in [0.15, 0.2) is 82.7 Å². The molecule has 1 N–H and O–H groups in total. The predicted molar refractivity (Wildman–Crippen MR) is 188 cm³/mol. The van der Waals surface area contributed by atoms with E-state index in [1.54, 1.807) is 43.3 Å². The molecule has 9 nitrogen and oxygen atoms in total. The van der Waals surface area contributed by atoms with Gasteiger partial charge < -0.3 is 19.5 Å². The number of fused-ring (bicyclic) bond motifs is 1. The molecule has 0 radical (unpaired) electrons. The third-order valence-corrected chi connectivity index (χ3v) is 7.66. The summed E-state index contributed by atoms with van der Waals surface area (Å²) < 4.78 is 32.2. The Balaban J connectivity index is 1.52. The Kier molecular flexibility index (Phi) is 10.8. The van der Waals surface area contributed by atoms with E-state index in [4.69, 9.17) is 30.8 Å². The van der Waals surface area contributed by atoms with Gasteiger partial charge in [0, 0.05) is 11.3 Å². The van der Waals surface area contributed by atoms with E-state index in [0.29, 0.717) is 34.6 Å². The number of nitrogens with zero attached hydrogens (tertiary/aromatic N) is 3. The first kappa shape index (κ1) is 34.1. The molecule has 0 aliphatic rings. The lowest BCUT2D eigenvalue weighted by Gasteiger charge is -2.18. The summed E-state index contributed by atoms with van der Waals surface area (Å²) in [5, 5.41) is 7.77. The van der Waals surface area contributed by atoms with Gasteiger partial charge in [0.05, 0.1) is 35.4 Å². The molecule has 248 valence electrons. The Bertz CT molecular complexity index is 2060. The monoisotopic (exact) mass is 670 g/mol. The highest BCUT2D eigenvalue weighted by Crippen LogP contribution is 2.37. The second kappa shape index (κ2) is 15.1. The highest BCUT2D eigenvalue weighted by molar-refractivity contribution is 6.32. The van der Waals surface area contributed by atoms with Crippen LogP contribution in [0.1, 0.15) is 50.3 Å². The van der Waals surface area contributed by atoms with E-state index in [0.717, 1.165) is 22.4 Å². The topological polar surface area (TPSA) is 104 Å². The number of anilines is 1. The summed E-state index contributed by atoms with van der Waals surface area (Å²) in [4.78, 5) is 31.3. The molecule has 1 aromatic heterocycles. The van der Waals surface area contributed by atoms with Gasteiger partial charge in [-0.2, -0.15) is 9.78 Å². The lowest BCUT2D eigenvalue weighted by molar-refractivity contribution is -0.118. The van der Waals surface area contributed by atoms with Crippen molar-refractivity contribution in [1.29, 1.82) is 0 Å². The van der Waals surface area contributed by atoms with Crippen molar-refractivity contribution in [3.05, 3.63) is 111 Å². The Labute approximate surface area is 282 Å². The van der Waals surface area contributed by atoms with Gasteiger partial charge in [-0.1, -0.05) is 43.6 Å². The molecule has 4 aromatic carbocycles. The lowest BCUT2D eigenvalue weighted by Crippen LogP contribution is -2.21. The maximum absolute atomic E-state index is 13.9. The van der Waals surface area contributed by atoms with Crippen LogP contribution < -0.4 is 25.1 Å². The van der Waals surface area contributed by atoms with Crippen molar-refractivity contribution in [2.45, 2.75) is 40.5 Å². The van der Waals surface area contributed by atoms with Crippen molar-refractivity contribution in [3.8, 4) is 28.6 Å². The van der Waals surface area contributed by atoms with Crippen molar-refractivity contribution >= 4 is 40.3 Å². The number of aromatic nitrogens is 2. The minimum Gasteiger partial charge on any atom is -0.494 e. The molecule has 1 heterocycles. The maximum Gasteiger partial charge on any atom is 0.282 e. The summed E-state index contributed by atoms with van der Waals surface area (Å²) in [5.41, 5.74) is 3.62. The van der Waals surface area contributed by atoms with Crippen molar-refractivity contribution in [2.24, 2.45) is 5.10 Å². The molecule has 0 saturated carbocycles. The summed E-state index contributed by atoms with van der Waals surface area (Å²) in [7, 11) is 0. The number of amides is 1. The van der Waals surface area contributed by atoms with Crippen molar-refractivity contribution < 1.29 is 23.4 Å². The molecule has 5 aromatic rings. The van der Waals surface area contributed by atoms with Gasteiger partial charge in [0.25, 0.3) is 11.5 Å². The maximum atomic E-state index is 13.9. The smallest absolute Gasteiger partial charge is 0.282 e. The summed E-state index contributed by atoms with van der Waals surface area (Å²) in [6.45, 7) is 10.3. The van der Waals surface area contributed by atoms with E-state index in [1.165, 1.54) is 29.1 Å². The zero-order valence-corrected chi connectivity index (χ0v) is 28.1. The Morgan fingerprint density at radius 1 is 1.00 bits per heavy atom. The highest BCUT2D eigenvalue weighted by atomic mass is 35.5. The van der Waals surface area contributed by atoms with Gasteiger partial charge >= 0.3 is 0 Å². The molecule has 48 heavy (non-hydrogen) atoms. The van der Waals surface area contributed by atoms with Gasteiger partial charge in [0.1, 0.15) is 11.6 Å². The first-order valence-corrected chi connectivity index (χ1v) is 16.0. The highest BCUT2D eigenvalue weighted by Gasteiger charge is 2.19. The molecule has 0 saturated heterocycles. The number of nitrogens with one attached hydrogen (secondary N) is 1. The summed E-state index contributed by atoms with van der Waals surface area (Å²) in [6.07, 6.45) is 1.49. The van der Waals surface area contributed by atoms with Crippen LogP contribution in [0.5, 0.6) is 17.2 Å². The third-order valence-electron chi connectivity index (χ3n) is 7.38. The van der Waals surface area contributed by atoms with Gasteiger partial charge in [-0.05, 0) is 98.0 Å². The molecule has 1 amide bonds. The quantitative estimate of drug-likeness (QED) is 0.135. The number of hydrogen-bond acceptors (Lipinski definition) is 7. The van der Waals surface area contributed by atoms with Gasteiger partial charge in [-0.3, -0.25) is 9.59 Å². The molecule has 0 spiro atoms. The second-order valence-corrected chi connectivity index (χ2v) is 11.6. The number of ether oxygens (including phenoxy) is 3. The Morgan fingerprint density at radius 3 is 2.48 bits per heavy atom. The number of hydrogen-bond donors (Lipinski definition) is 1. The zero-order valence-electron chi connectivity index (χ0n) is 27.3. The van der Waals surface area contributed by atoms with Crippen molar-refractivity contribution in [2.75, 3.05) is 25.1 Å². The summed E-state index contributed by atoms with van der Waals surface area (Å²) in [5.74, 6) is 0.764. The van der Waals surface area contributed by atoms with Gasteiger partial charge in [0.2, 0.25) is 0 Å². The van der Waals surface area contributed by atoms with Crippen LogP contribution in [0.2, 0.25) is 5.02 Å². The standard InChI is InChI=1S/C37H36ClFN4O5/c1-6-46-32-15-23(5)29(19-28(32)22(3)4)36-42-31-14-9-8-13-27(31)37(45)43(36)40-20-24-16-30(38)35(33(17-24)47-7-2)48-21-34(44)41-26-12-10-11-25(39)18-26/h8-20,22H,6-7,21H2,1-5H3,(H,41,44). The van der Waals surface area contributed by atoms with E-state index in [2.05, 4.69) is 24.3 Å². The molecular weight excluding hydrogens is 635 g/mol. The molecule has 0 bridgehead atoms. The molecule has 5 rings (SSSR count). The molecular formula is C37H36ClFN4O5. The van der Waals surface area contributed by atoms with Crippen LogP contribution in [-0.4, -0.2) is 41.6 Å². The number of aryl methyl sites for hydroxylation is 1. The third kappa shape index (κ3) is 7.66. The van der Waals surface area contributed by atoms with Crippen molar-refractivity contribution in [1.82, 2.24) is 9.66 Å². The number of carbonyl (C=O) groups excluding carboxylic acids is 1. The van der Waals surface area contributed by atoms with Crippen LogP contribution >= 0.6 is 11.6 Å². The normalized spacial score (nSPS) is 11.3. The molecule has 0 fully saturated rings. The van der Waals surface area contributed by atoms with Gasteiger partial charge in [-0.15, -0.1) is 0 Å². The fraction of sp³-hybridized carbons (Fsp3) is 0.243. The Hall–Kier alpha value is -5.22. The molecule has 0 aliphatic heterocycles. The minimum atomic E-state index is -0.509. The molecule has 0 atom stereocenters. The number of benzene rings is 4. The van der Waals surface area contributed by atoms with Crippen LogP contribution in [-0.2, 0) is 4.79 Å². The van der Waals surface area contributed by atoms with E-state index < -0.39 is 18.3 Å². The van der Waals surface area contributed by atoms with Gasteiger partial charge in [0.15, 0.2) is 23.9 Å². The summed E-state index contributed by atoms with van der Waals surface area (Å²) in [6, 6.07) is 19.9. The van der Waals surface area contributed by atoms with E-state index in [1.807, 2.05) is 32.0 Å². The largest absolute Gasteiger partial charge is 0.494 e. The van der Waals surface area contributed by atoms with Gasteiger partial charge in [-0.25, -0.2) is 9.37 Å². The SMILES string of the molecule is CCOc1cc(C)c(-c2nc3ccccc3c(=O)n2N=Cc2cc(Cl)c(OCC(=O)Nc3cccc(F)c3)c(OCC)c2)cc1C(C)C. The second-order valence-electron chi connectivity index (χ2n) is 11.2. The first-order valence-electron chi connectivity index (χ1n) is 15.6. The predicted octanol–water partition coefficient (Wildman–Crippen LogP) is 7.98. The molecule has 11 heteroatoms. The van der Waals surface area contributed by atoms with Crippen LogP contribution in [0.4, 0.5) is 10.1 Å². The van der Waals surface area contributed by atoms with E-state index in [-0.39, 0.29) is 34.6 Å². The minimum absolute atomic E-state index is 0.154. The molecule has 0 unspecified atom stereocenters. The lowest BCUT2D eigenvalue weighted by atomic mass is 9.96. The Morgan fingerprint density at radius 2 is 1.75 bits per heavy atom. The number of para-hydroxylation sites is 1. The molecule has 0 aliphatic carbocycles. The number of halogens is 2. The number of carbonyl (C=O) groups is 1. The average molecular weight is 671 g/mol. The average Bonchev–Trinajstić information content (AvgIpc) is 3.04. The van der Waals surface area contributed by atoms with E-state index in [9.17, 15) is 14.0 Å². The summed E-state index contributed by atoms with van der Waals surface area (Å²) >= 11 is 6.62. The van der Waals surface area contributed by atoms with Crippen LogP contribution in [0.3, 0.4) is 0 Å². The first-order chi connectivity index (χ1) is 23.1. The van der Waals surface area contributed by atoms with Crippen LogP contribution in [0.25, 0.3) is 22.3 Å². The fourth-order valence-corrected chi connectivity index (χ4v) is 5.44. The van der Waals surface area contributed by atoms with Crippen LogP contribution in [0, 0.1) is 12.7 Å². The number of rotatable bonds is 12. The van der Waals surface area contributed by atoms with E-state index >= 15 is 0 Å².